The lowest BCUT2D eigenvalue weighted by atomic mass is 9.53. The first kappa shape index (κ1) is 21.0. The Balaban J connectivity index is 1.20. The van der Waals surface area contributed by atoms with E-state index in [2.05, 4.69) is 10.2 Å². The maximum atomic E-state index is 13.2. The van der Waals surface area contributed by atoms with Crippen LogP contribution >= 0.6 is 11.6 Å². The second-order valence-electron chi connectivity index (χ2n) is 10.3. The van der Waals surface area contributed by atoms with Crippen LogP contribution in [0, 0.1) is 27.9 Å². The van der Waals surface area contributed by atoms with Gasteiger partial charge in [-0.25, -0.2) is 0 Å². The highest BCUT2D eigenvalue weighted by molar-refractivity contribution is 6.30. The van der Waals surface area contributed by atoms with Gasteiger partial charge in [0.25, 0.3) is 5.69 Å². The molecule has 4 aliphatic carbocycles. The normalized spacial score (nSPS) is 33.4. The molecule has 1 heterocycles. The molecule has 1 atom stereocenters. The van der Waals surface area contributed by atoms with Crippen LogP contribution in [0.2, 0.25) is 5.02 Å². The number of piperazine rings is 1. The van der Waals surface area contributed by atoms with E-state index >= 15 is 0 Å². The van der Waals surface area contributed by atoms with E-state index in [1.165, 1.54) is 25.3 Å². The molecule has 31 heavy (non-hydrogen) atoms. The van der Waals surface area contributed by atoms with Crippen LogP contribution in [0.25, 0.3) is 0 Å². The van der Waals surface area contributed by atoms with E-state index in [0.717, 1.165) is 37.0 Å². The van der Waals surface area contributed by atoms with Crippen molar-refractivity contribution in [1.29, 1.82) is 0 Å². The van der Waals surface area contributed by atoms with Gasteiger partial charge < -0.3 is 10.2 Å². The average molecular weight is 447 g/mol. The van der Waals surface area contributed by atoms with E-state index in [1.807, 2.05) is 11.8 Å². The van der Waals surface area contributed by atoms with Crippen LogP contribution in [-0.4, -0.2) is 53.5 Å². The fourth-order valence-electron chi connectivity index (χ4n) is 7.06. The zero-order valence-corrected chi connectivity index (χ0v) is 18.8. The van der Waals surface area contributed by atoms with Crippen LogP contribution in [0.5, 0.6) is 0 Å². The van der Waals surface area contributed by atoms with Crippen molar-refractivity contribution in [1.82, 2.24) is 10.2 Å². The molecule has 168 valence electrons. The van der Waals surface area contributed by atoms with Gasteiger partial charge in [0.05, 0.1) is 11.0 Å². The first-order chi connectivity index (χ1) is 14.8. The number of nitro groups is 1. The fraction of sp³-hybridized carbons (Fsp3) is 0.696. The lowest BCUT2D eigenvalue weighted by molar-refractivity contribution is -0.384. The fourth-order valence-corrected chi connectivity index (χ4v) is 7.22. The van der Waals surface area contributed by atoms with Gasteiger partial charge in [0.15, 0.2) is 0 Å². The molecule has 4 saturated carbocycles. The molecule has 0 aromatic heterocycles. The molecule has 0 spiro atoms. The van der Waals surface area contributed by atoms with Crippen molar-refractivity contribution in [2.24, 2.45) is 17.8 Å². The molecule has 8 heteroatoms. The smallest absolute Gasteiger partial charge is 0.294 e. The van der Waals surface area contributed by atoms with Crippen LogP contribution in [0.15, 0.2) is 18.2 Å². The first-order valence-corrected chi connectivity index (χ1v) is 11.9. The minimum absolute atomic E-state index is 0.0336. The number of nitrogens with zero attached hydrogens (tertiary/aromatic N) is 3. The molecule has 0 radical (unpaired) electrons. The third-order valence-corrected chi connectivity index (χ3v) is 8.38. The molecule has 1 aliphatic heterocycles. The third-order valence-electron chi connectivity index (χ3n) is 8.14. The van der Waals surface area contributed by atoms with Gasteiger partial charge in [-0.2, -0.15) is 0 Å². The van der Waals surface area contributed by atoms with E-state index in [9.17, 15) is 14.9 Å². The highest BCUT2D eigenvalue weighted by Crippen LogP contribution is 2.55. The molecule has 5 aliphatic rings. The summed E-state index contributed by atoms with van der Waals surface area (Å²) < 4.78 is 0. The highest BCUT2D eigenvalue weighted by Gasteiger charge is 2.51. The summed E-state index contributed by atoms with van der Waals surface area (Å²) in [6, 6.07) is 4.64. The first-order valence-electron chi connectivity index (χ1n) is 11.6. The Labute approximate surface area is 188 Å². The Bertz CT molecular complexity index is 848. The average Bonchev–Trinajstić information content (AvgIpc) is 2.72. The summed E-state index contributed by atoms with van der Waals surface area (Å²) in [5.74, 6) is 2.56. The standard InChI is InChI=1S/C23H31ClN4O3/c1-15(22(29)25-23-12-16-8-17(13-23)10-18(9-16)14-23)26-4-6-27(7-5-26)20-3-2-19(24)11-21(20)28(30)31/h2-3,11,15-18H,4-10,12-14H2,1H3,(H,25,29). The Morgan fingerprint density at radius 1 is 1.13 bits per heavy atom. The Kier molecular flexibility index (Phi) is 5.37. The van der Waals surface area contributed by atoms with Crippen LogP contribution in [0.4, 0.5) is 11.4 Å². The Hall–Kier alpha value is -1.86. The molecule has 1 aromatic carbocycles. The topological polar surface area (TPSA) is 78.7 Å². The maximum Gasteiger partial charge on any atom is 0.294 e. The molecule has 1 N–H and O–H groups in total. The van der Waals surface area contributed by atoms with Crippen molar-refractivity contribution >= 4 is 28.9 Å². The number of hydrogen-bond acceptors (Lipinski definition) is 5. The van der Waals surface area contributed by atoms with E-state index in [-0.39, 0.29) is 28.1 Å². The van der Waals surface area contributed by atoms with Gasteiger partial charge in [-0.15, -0.1) is 0 Å². The SMILES string of the molecule is CC(C(=O)NC12CC3CC(CC(C3)C1)C2)N1CCN(c2ccc(Cl)cc2[N+](=O)[O-])CC1. The van der Waals surface area contributed by atoms with Gasteiger partial charge in [0, 0.05) is 42.8 Å². The summed E-state index contributed by atoms with van der Waals surface area (Å²) in [5.41, 5.74) is 0.666. The van der Waals surface area contributed by atoms with Crippen molar-refractivity contribution in [2.75, 3.05) is 31.1 Å². The number of benzene rings is 1. The zero-order valence-electron chi connectivity index (χ0n) is 18.1. The predicted molar refractivity (Wildman–Crippen MR) is 120 cm³/mol. The molecule has 1 amide bonds. The van der Waals surface area contributed by atoms with E-state index in [1.54, 1.807) is 12.1 Å². The summed E-state index contributed by atoms with van der Waals surface area (Å²) in [4.78, 5) is 28.5. The van der Waals surface area contributed by atoms with Crippen molar-refractivity contribution in [3.8, 4) is 0 Å². The largest absolute Gasteiger partial charge is 0.363 e. The van der Waals surface area contributed by atoms with Gasteiger partial charge in [-0.1, -0.05) is 11.6 Å². The molecule has 5 fully saturated rings. The number of amides is 1. The van der Waals surface area contributed by atoms with Gasteiger partial charge in [-0.05, 0) is 75.3 Å². The number of halogens is 1. The number of hydrogen-bond donors (Lipinski definition) is 1. The molecule has 4 bridgehead atoms. The zero-order chi connectivity index (χ0) is 21.8. The summed E-state index contributed by atoms with van der Waals surface area (Å²) in [6.45, 7) is 4.70. The number of nitrogens with one attached hydrogen (secondary N) is 1. The minimum Gasteiger partial charge on any atom is -0.363 e. The van der Waals surface area contributed by atoms with Gasteiger partial charge in [0.1, 0.15) is 5.69 Å². The van der Waals surface area contributed by atoms with E-state index in [0.29, 0.717) is 36.9 Å². The van der Waals surface area contributed by atoms with Crippen molar-refractivity contribution in [3.05, 3.63) is 33.3 Å². The van der Waals surface area contributed by atoms with Gasteiger partial charge in [0.2, 0.25) is 5.91 Å². The second-order valence-corrected chi connectivity index (χ2v) is 10.7. The molecular formula is C23H31ClN4O3. The van der Waals surface area contributed by atoms with Crippen LogP contribution in [-0.2, 0) is 4.79 Å². The van der Waals surface area contributed by atoms with Crippen molar-refractivity contribution in [3.63, 3.8) is 0 Å². The summed E-state index contributed by atoms with van der Waals surface area (Å²) in [6.07, 6.45) is 7.57. The summed E-state index contributed by atoms with van der Waals surface area (Å²) in [5, 5.41) is 15.3. The highest BCUT2D eigenvalue weighted by atomic mass is 35.5. The minimum atomic E-state index is -0.380. The molecule has 1 saturated heterocycles. The van der Waals surface area contributed by atoms with E-state index in [4.69, 9.17) is 11.6 Å². The molecule has 1 unspecified atom stereocenters. The number of carbonyl (C=O) groups is 1. The predicted octanol–water partition coefficient (Wildman–Crippen LogP) is 3.84. The number of rotatable bonds is 5. The lowest BCUT2D eigenvalue weighted by Crippen LogP contribution is -2.63. The third kappa shape index (κ3) is 4.02. The molecule has 6 rings (SSSR count). The quantitative estimate of drug-likeness (QED) is 0.549. The van der Waals surface area contributed by atoms with Crippen molar-refractivity contribution < 1.29 is 9.72 Å². The number of anilines is 1. The van der Waals surface area contributed by atoms with Crippen LogP contribution in [0.3, 0.4) is 0 Å². The van der Waals surface area contributed by atoms with Gasteiger partial charge >= 0.3 is 0 Å². The van der Waals surface area contributed by atoms with Crippen LogP contribution < -0.4 is 10.2 Å². The maximum absolute atomic E-state index is 13.2. The van der Waals surface area contributed by atoms with Gasteiger partial charge in [-0.3, -0.25) is 19.8 Å². The molecular weight excluding hydrogens is 416 g/mol. The molecule has 7 nitrogen and oxygen atoms in total. The number of nitro benzene ring substituents is 1. The Morgan fingerprint density at radius 2 is 1.71 bits per heavy atom. The summed E-state index contributed by atoms with van der Waals surface area (Å²) >= 11 is 5.95. The van der Waals surface area contributed by atoms with E-state index < -0.39 is 0 Å². The van der Waals surface area contributed by atoms with Crippen molar-refractivity contribution in [2.45, 2.75) is 57.0 Å². The Morgan fingerprint density at radius 3 is 2.26 bits per heavy atom. The monoisotopic (exact) mass is 446 g/mol. The summed E-state index contributed by atoms with van der Waals surface area (Å²) in [7, 11) is 0. The number of carbonyl (C=O) groups excluding carboxylic acids is 1. The second kappa shape index (κ2) is 7.93. The lowest BCUT2D eigenvalue weighted by Gasteiger charge is -2.57. The van der Waals surface area contributed by atoms with Crippen LogP contribution in [0.1, 0.15) is 45.4 Å². The molecule has 1 aromatic rings.